The first-order chi connectivity index (χ1) is 12.5. The van der Waals surface area contributed by atoms with E-state index in [-0.39, 0.29) is 23.9 Å². The maximum atomic E-state index is 12.6. The molecule has 2 aromatic heterocycles. The Balaban J connectivity index is 1.54. The molecule has 0 atom stereocenters. The van der Waals surface area contributed by atoms with Crippen molar-refractivity contribution in [2.75, 3.05) is 19.6 Å². The van der Waals surface area contributed by atoms with E-state index >= 15 is 0 Å². The molecule has 3 heterocycles. The molecule has 0 spiro atoms. The van der Waals surface area contributed by atoms with Gasteiger partial charge in [-0.3, -0.25) is 9.69 Å². The standard InChI is InChI=1S/C19H28N4O2S/c1-13(2)23(14(3)4)17(24)11-22-8-5-15(6-9-22)18-20-21-19(25-18)16-7-10-26-12-16/h7,10,12-15H,5-6,8-9,11H2,1-4H3. The highest BCUT2D eigenvalue weighted by atomic mass is 32.1. The van der Waals surface area contributed by atoms with E-state index in [1.54, 1.807) is 11.3 Å². The second-order valence-electron chi connectivity index (χ2n) is 7.50. The van der Waals surface area contributed by atoms with E-state index in [4.69, 9.17) is 4.42 Å². The Bertz CT molecular complexity index is 695. The zero-order valence-corrected chi connectivity index (χ0v) is 16.8. The van der Waals surface area contributed by atoms with Gasteiger partial charge in [0.2, 0.25) is 17.7 Å². The van der Waals surface area contributed by atoms with E-state index in [0.29, 0.717) is 12.4 Å². The van der Waals surface area contributed by atoms with Crippen LogP contribution in [0.15, 0.2) is 21.2 Å². The van der Waals surface area contributed by atoms with Gasteiger partial charge in [-0.05, 0) is 65.1 Å². The van der Waals surface area contributed by atoms with Gasteiger partial charge in [0.1, 0.15) is 0 Å². The fourth-order valence-corrected chi connectivity index (χ4v) is 4.32. The number of rotatable bonds is 6. The number of carbonyl (C=O) groups excluding carboxylic acids is 1. The fourth-order valence-electron chi connectivity index (χ4n) is 3.69. The lowest BCUT2D eigenvalue weighted by Gasteiger charge is -2.35. The molecule has 0 aliphatic carbocycles. The van der Waals surface area contributed by atoms with Crippen LogP contribution >= 0.6 is 11.3 Å². The lowest BCUT2D eigenvalue weighted by Crippen LogP contribution is -2.48. The number of amides is 1. The monoisotopic (exact) mass is 376 g/mol. The van der Waals surface area contributed by atoms with Crippen molar-refractivity contribution in [2.45, 2.75) is 58.5 Å². The van der Waals surface area contributed by atoms with Crippen molar-refractivity contribution < 1.29 is 9.21 Å². The summed E-state index contributed by atoms with van der Waals surface area (Å²) in [4.78, 5) is 16.8. The van der Waals surface area contributed by atoms with E-state index in [1.165, 1.54) is 0 Å². The molecule has 26 heavy (non-hydrogen) atoms. The van der Waals surface area contributed by atoms with E-state index in [0.717, 1.165) is 37.4 Å². The summed E-state index contributed by atoms with van der Waals surface area (Å²) in [5.41, 5.74) is 0.985. The molecule has 2 aromatic rings. The maximum Gasteiger partial charge on any atom is 0.248 e. The van der Waals surface area contributed by atoms with Gasteiger partial charge in [0.25, 0.3) is 0 Å². The Labute approximate surface area is 159 Å². The molecule has 0 saturated carbocycles. The quantitative estimate of drug-likeness (QED) is 0.770. The average molecular weight is 377 g/mol. The molecular formula is C19H28N4O2S. The molecule has 0 bridgehead atoms. The third kappa shape index (κ3) is 4.32. The molecule has 1 aliphatic rings. The van der Waals surface area contributed by atoms with E-state index in [1.807, 2.05) is 21.7 Å². The predicted molar refractivity (Wildman–Crippen MR) is 103 cm³/mol. The van der Waals surface area contributed by atoms with Crippen molar-refractivity contribution in [3.8, 4) is 11.5 Å². The van der Waals surface area contributed by atoms with E-state index < -0.39 is 0 Å². The molecule has 142 valence electrons. The van der Waals surface area contributed by atoms with Crippen molar-refractivity contribution >= 4 is 17.2 Å². The highest BCUT2D eigenvalue weighted by molar-refractivity contribution is 7.08. The molecule has 0 aromatic carbocycles. The largest absolute Gasteiger partial charge is 0.420 e. The van der Waals surface area contributed by atoms with Crippen LogP contribution in [-0.4, -0.2) is 57.6 Å². The zero-order chi connectivity index (χ0) is 18.7. The Kier molecular flexibility index (Phi) is 6.09. The summed E-state index contributed by atoms with van der Waals surface area (Å²) >= 11 is 1.62. The number of nitrogens with zero attached hydrogens (tertiary/aromatic N) is 4. The van der Waals surface area contributed by atoms with Crippen molar-refractivity contribution in [3.05, 3.63) is 22.7 Å². The van der Waals surface area contributed by atoms with Crippen LogP contribution in [0.25, 0.3) is 11.5 Å². The molecule has 0 unspecified atom stereocenters. The second-order valence-corrected chi connectivity index (χ2v) is 8.28. The number of carbonyl (C=O) groups is 1. The number of piperidine rings is 1. The van der Waals surface area contributed by atoms with Gasteiger partial charge in [-0.25, -0.2) is 0 Å². The van der Waals surface area contributed by atoms with Gasteiger partial charge in [0, 0.05) is 28.9 Å². The van der Waals surface area contributed by atoms with Gasteiger partial charge in [-0.1, -0.05) is 0 Å². The van der Waals surface area contributed by atoms with Gasteiger partial charge < -0.3 is 9.32 Å². The van der Waals surface area contributed by atoms with Crippen molar-refractivity contribution in [1.82, 2.24) is 20.0 Å². The van der Waals surface area contributed by atoms with Gasteiger partial charge in [-0.2, -0.15) is 11.3 Å². The van der Waals surface area contributed by atoms with Crippen molar-refractivity contribution in [1.29, 1.82) is 0 Å². The first-order valence-electron chi connectivity index (χ1n) is 9.35. The van der Waals surface area contributed by atoms with Crippen LogP contribution in [0.2, 0.25) is 0 Å². The van der Waals surface area contributed by atoms with Crippen LogP contribution < -0.4 is 0 Å². The third-order valence-electron chi connectivity index (χ3n) is 4.91. The number of aromatic nitrogens is 2. The number of likely N-dealkylation sites (tertiary alicyclic amines) is 1. The lowest BCUT2D eigenvalue weighted by atomic mass is 9.97. The normalized spacial score (nSPS) is 16.5. The van der Waals surface area contributed by atoms with Crippen LogP contribution in [0, 0.1) is 0 Å². The Morgan fingerprint density at radius 1 is 1.27 bits per heavy atom. The van der Waals surface area contributed by atoms with Gasteiger partial charge in [0.15, 0.2) is 0 Å². The molecule has 1 saturated heterocycles. The Hall–Kier alpha value is -1.73. The Morgan fingerprint density at radius 2 is 1.96 bits per heavy atom. The first-order valence-corrected chi connectivity index (χ1v) is 10.3. The summed E-state index contributed by atoms with van der Waals surface area (Å²) in [5, 5.41) is 12.5. The number of hydrogen-bond donors (Lipinski definition) is 0. The summed E-state index contributed by atoms with van der Waals surface area (Å²) < 4.78 is 5.88. The van der Waals surface area contributed by atoms with Crippen LogP contribution in [0.4, 0.5) is 0 Å². The minimum Gasteiger partial charge on any atom is -0.420 e. The summed E-state index contributed by atoms with van der Waals surface area (Å²) in [6, 6.07) is 2.45. The van der Waals surface area contributed by atoms with Gasteiger partial charge >= 0.3 is 0 Å². The smallest absolute Gasteiger partial charge is 0.248 e. The Morgan fingerprint density at radius 3 is 2.54 bits per heavy atom. The fraction of sp³-hybridized carbons (Fsp3) is 0.632. The summed E-state index contributed by atoms with van der Waals surface area (Å²) in [6.45, 7) is 10.6. The molecule has 1 aliphatic heterocycles. The zero-order valence-electron chi connectivity index (χ0n) is 16.0. The molecule has 1 amide bonds. The number of thiophene rings is 1. The van der Waals surface area contributed by atoms with Crippen LogP contribution in [0.3, 0.4) is 0 Å². The van der Waals surface area contributed by atoms with Crippen molar-refractivity contribution in [3.63, 3.8) is 0 Å². The summed E-state index contributed by atoms with van der Waals surface area (Å²) in [6.07, 6.45) is 1.89. The average Bonchev–Trinajstić information content (AvgIpc) is 3.26. The molecule has 7 heteroatoms. The third-order valence-corrected chi connectivity index (χ3v) is 5.59. The minimum absolute atomic E-state index is 0.214. The summed E-state index contributed by atoms with van der Waals surface area (Å²) in [5.74, 6) is 1.82. The first kappa shape index (κ1) is 19.0. The van der Waals surface area contributed by atoms with Crippen molar-refractivity contribution in [2.24, 2.45) is 0 Å². The second kappa shape index (κ2) is 8.31. The highest BCUT2D eigenvalue weighted by Gasteiger charge is 2.28. The molecular weight excluding hydrogens is 348 g/mol. The van der Waals surface area contributed by atoms with E-state index in [9.17, 15) is 4.79 Å². The minimum atomic E-state index is 0.214. The SMILES string of the molecule is CC(C)N(C(=O)CN1CCC(c2nnc(-c3ccsc3)o2)CC1)C(C)C. The topological polar surface area (TPSA) is 62.5 Å². The molecule has 0 N–H and O–H groups in total. The lowest BCUT2D eigenvalue weighted by molar-refractivity contribution is -0.136. The molecule has 0 radical (unpaired) electrons. The molecule has 6 nitrogen and oxygen atoms in total. The predicted octanol–water partition coefficient (Wildman–Crippen LogP) is 3.62. The number of hydrogen-bond acceptors (Lipinski definition) is 6. The summed E-state index contributed by atoms with van der Waals surface area (Å²) in [7, 11) is 0. The van der Waals surface area contributed by atoms with Gasteiger partial charge in [-0.15, -0.1) is 10.2 Å². The highest BCUT2D eigenvalue weighted by Crippen LogP contribution is 2.30. The van der Waals surface area contributed by atoms with E-state index in [2.05, 4.69) is 42.8 Å². The molecule has 3 rings (SSSR count). The van der Waals surface area contributed by atoms with Gasteiger partial charge in [0.05, 0.1) is 6.54 Å². The molecule has 1 fully saturated rings. The van der Waals surface area contributed by atoms with Crippen LogP contribution in [0.5, 0.6) is 0 Å². The van der Waals surface area contributed by atoms with Crippen LogP contribution in [0.1, 0.15) is 52.3 Å². The maximum absolute atomic E-state index is 12.6. The van der Waals surface area contributed by atoms with Crippen LogP contribution in [-0.2, 0) is 4.79 Å².